The summed E-state index contributed by atoms with van der Waals surface area (Å²) in [5.41, 5.74) is 2.57. The molecule has 8 heteroatoms. The molecule has 0 saturated carbocycles. The fourth-order valence-electron chi connectivity index (χ4n) is 3.12. The highest BCUT2D eigenvalue weighted by Gasteiger charge is 2.16. The first kappa shape index (κ1) is 21.6. The molecule has 1 N–H and O–H groups in total. The smallest absolute Gasteiger partial charge is 0.292 e. The normalized spacial score (nSPS) is 10.9. The molecule has 0 aliphatic carbocycles. The predicted molar refractivity (Wildman–Crippen MR) is 120 cm³/mol. The largest absolute Gasteiger partial charge is 0.485 e. The number of amides is 1. The summed E-state index contributed by atoms with van der Waals surface area (Å²) in [4.78, 5) is 12.6. The Labute approximate surface area is 189 Å². The van der Waals surface area contributed by atoms with Crippen molar-refractivity contribution in [1.82, 2.24) is 9.78 Å². The number of rotatable bonds is 7. The van der Waals surface area contributed by atoms with E-state index in [0.29, 0.717) is 11.3 Å². The highest BCUT2D eigenvalue weighted by Crippen LogP contribution is 2.23. The second kappa shape index (κ2) is 9.28. The minimum absolute atomic E-state index is 0.101. The van der Waals surface area contributed by atoms with Crippen molar-refractivity contribution < 1.29 is 18.3 Å². The molecule has 164 valence electrons. The summed E-state index contributed by atoms with van der Waals surface area (Å²) in [5, 5.41) is 7.09. The fraction of sp³-hybridized carbons (Fsp3) is 0.167. The van der Waals surface area contributed by atoms with Crippen molar-refractivity contribution in [3.8, 4) is 5.75 Å². The topological polar surface area (TPSA) is 69.3 Å². The van der Waals surface area contributed by atoms with Gasteiger partial charge in [0.15, 0.2) is 11.6 Å². The Morgan fingerprint density at radius 1 is 1.19 bits per heavy atom. The van der Waals surface area contributed by atoms with Crippen LogP contribution in [0.1, 0.15) is 33.0 Å². The zero-order valence-corrected chi connectivity index (χ0v) is 18.3. The Morgan fingerprint density at radius 2 is 2.00 bits per heavy atom. The van der Waals surface area contributed by atoms with E-state index in [4.69, 9.17) is 20.8 Å². The van der Waals surface area contributed by atoms with E-state index in [0.717, 1.165) is 16.9 Å². The maximum Gasteiger partial charge on any atom is 0.292 e. The van der Waals surface area contributed by atoms with Crippen LogP contribution < -0.4 is 10.1 Å². The van der Waals surface area contributed by atoms with Gasteiger partial charge in [-0.25, -0.2) is 4.39 Å². The first-order valence-electron chi connectivity index (χ1n) is 9.95. The van der Waals surface area contributed by atoms with Gasteiger partial charge in [0.2, 0.25) is 0 Å². The molecular weight excluding hydrogens is 433 g/mol. The molecule has 2 aromatic carbocycles. The number of halogens is 2. The molecule has 6 nitrogen and oxygen atoms in total. The summed E-state index contributed by atoms with van der Waals surface area (Å²) < 4.78 is 26.7. The maximum atomic E-state index is 13.9. The van der Waals surface area contributed by atoms with Crippen LogP contribution >= 0.6 is 11.6 Å². The van der Waals surface area contributed by atoms with Gasteiger partial charge in [-0.2, -0.15) is 5.10 Å². The van der Waals surface area contributed by atoms with E-state index in [2.05, 4.69) is 10.4 Å². The molecule has 0 radical (unpaired) electrons. The minimum Gasteiger partial charge on any atom is -0.485 e. The number of aromatic nitrogens is 2. The lowest BCUT2D eigenvalue weighted by molar-refractivity contribution is 0.0992. The molecule has 0 atom stereocenters. The van der Waals surface area contributed by atoms with Crippen LogP contribution in [0.2, 0.25) is 5.02 Å². The van der Waals surface area contributed by atoms with Crippen LogP contribution in [0.15, 0.2) is 65.2 Å². The van der Waals surface area contributed by atoms with Crippen molar-refractivity contribution in [3.05, 3.63) is 99.8 Å². The zero-order valence-electron chi connectivity index (χ0n) is 17.6. The lowest BCUT2D eigenvalue weighted by Crippen LogP contribution is -2.12. The third-order valence-electron chi connectivity index (χ3n) is 4.84. The molecular formula is C24H21ClFN3O3. The summed E-state index contributed by atoms with van der Waals surface area (Å²) in [6.45, 7) is 4.33. The second-order valence-electron chi connectivity index (χ2n) is 7.39. The number of carbonyl (C=O) groups excluding carboxylic acids is 1. The first-order valence-corrected chi connectivity index (χ1v) is 10.3. The number of benzene rings is 2. The van der Waals surface area contributed by atoms with Gasteiger partial charge in [0, 0.05) is 11.8 Å². The van der Waals surface area contributed by atoms with E-state index in [1.807, 2.05) is 32.0 Å². The number of nitrogens with one attached hydrogen (secondary N) is 1. The Kier molecular flexibility index (Phi) is 6.28. The van der Waals surface area contributed by atoms with Gasteiger partial charge in [-0.3, -0.25) is 9.48 Å². The zero-order chi connectivity index (χ0) is 22.7. The van der Waals surface area contributed by atoms with Crippen LogP contribution in [0.4, 0.5) is 10.2 Å². The summed E-state index contributed by atoms with van der Waals surface area (Å²) in [7, 11) is 0. The van der Waals surface area contributed by atoms with Gasteiger partial charge in [0.1, 0.15) is 29.0 Å². The first-order chi connectivity index (χ1) is 15.4. The number of anilines is 1. The molecule has 0 bridgehead atoms. The van der Waals surface area contributed by atoms with Gasteiger partial charge in [0.25, 0.3) is 5.91 Å². The molecule has 2 heterocycles. The molecule has 0 fully saturated rings. The van der Waals surface area contributed by atoms with Gasteiger partial charge < -0.3 is 14.5 Å². The van der Waals surface area contributed by atoms with E-state index in [-0.39, 0.29) is 35.6 Å². The number of ether oxygens (including phenoxy) is 1. The van der Waals surface area contributed by atoms with Gasteiger partial charge in [-0.05, 0) is 49.2 Å². The van der Waals surface area contributed by atoms with Crippen LogP contribution in [0.5, 0.6) is 5.75 Å². The molecule has 0 aliphatic heterocycles. The monoisotopic (exact) mass is 453 g/mol. The van der Waals surface area contributed by atoms with Crippen molar-refractivity contribution in [2.75, 3.05) is 5.32 Å². The maximum absolute atomic E-state index is 13.9. The highest BCUT2D eigenvalue weighted by atomic mass is 35.5. The summed E-state index contributed by atoms with van der Waals surface area (Å²) in [6.07, 6.45) is 1.52. The predicted octanol–water partition coefficient (Wildman–Crippen LogP) is 5.77. The van der Waals surface area contributed by atoms with Crippen molar-refractivity contribution in [1.29, 1.82) is 0 Å². The summed E-state index contributed by atoms with van der Waals surface area (Å²) in [6, 6.07) is 15.6. The van der Waals surface area contributed by atoms with Crippen LogP contribution in [-0.2, 0) is 13.2 Å². The third kappa shape index (κ3) is 5.00. The highest BCUT2D eigenvalue weighted by molar-refractivity contribution is 6.33. The van der Waals surface area contributed by atoms with Gasteiger partial charge in [-0.15, -0.1) is 0 Å². The van der Waals surface area contributed by atoms with Crippen molar-refractivity contribution >= 4 is 23.3 Å². The van der Waals surface area contributed by atoms with Crippen LogP contribution in [0, 0.1) is 19.7 Å². The van der Waals surface area contributed by atoms with Crippen molar-refractivity contribution in [2.24, 2.45) is 0 Å². The van der Waals surface area contributed by atoms with Gasteiger partial charge >= 0.3 is 0 Å². The number of furan rings is 1. The second-order valence-corrected chi connectivity index (χ2v) is 7.80. The SMILES string of the molecule is Cc1ccc(C)c(OCc2ccc(C(=O)Nc3nn(Cc4ccccc4F)cc3Cl)o2)c1. The number of nitrogens with zero attached hydrogens (tertiary/aromatic N) is 2. The van der Waals surface area contributed by atoms with Crippen molar-refractivity contribution in [3.63, 3.8) is 0 Å². The van der Waals surface area contributed by atoms with E-state index < -0.39 is 5.91 Å². The molecule has 0 aliphatic rings. The molecule has 4 aromatic rings. The Hall–Kier alpha value is -3.58. The number of hydrogen-bond donors (Lipinski definition) is 1. The van der Waals surface area contributed by atoms with Crippen molar-refractivity contribution in [2.45, 2.75) is 27.0 Å². The minimum atomic E-state index is -0.499. The lowest BCUT2D eigenvalue weighted by atomic mass is 10.1. The number of hydrogen-bond acceptors (Lipinski definition) is 4. The molecule has 32 heavy (non-hydrogen) atoms. The lowest BCUT2D eigenvalue weighted by Gasteiger charge is -2.08. The fourth-order valence-corrected chi connectivity index (χ4v) is 3.32. The average molecular weight is 454 g/mol. The van der Waals surface area contributed by atoms with Crippen LogP contribution in [0.3, 0.4) is 0 Å². The summed E-state index contributed by atoms with van der Waals surface area (Å²) >= 11 is 6.19. The molecule has 2 aromatic heterocycles. The Bertz CT molecular complexity index is 1270. The van der Waals surface area contributed by atoms with Gasteiger partial charge in [0.05, 0.1) is 6.54 Å². The summed E-state index contributed by atoms with van der Waals surface area (Å²) in [5.74, 6) is 0.700. The van der Waals surface area contributed by atoms with E-state index in [9.17, 15) is 9.18 Å². The standard InChI is InChI=1S/C24H21ClFN3O3/c1-15-7-8-16(2)22(11-15)31-14-18-9-10-21(32-18)24(30)27-23-19(25)13-29(28-23)12-17-5-3-4-6-20(17)26/h3-11,13H,12,14H2,1-2H3,(H,27,28,30). The molecule has 0 unspecified atom stereocenters. The molecule has 4 rings (SSSR count). The quantitative estimate of drug-likeness (QED) is 0.386. The van der Waals surface area contributed by atoms with Crippen LogP contribution in [-0.4, -0.2) is 15.7 Å². The number of carbonyl (C=O) groups is 1. The van der Waals surface area contributed by atoms with Crippen LogP contribution in [0.25, 0.3) is 0 Å². The number of aryl methyl sites for hydroxylation is 2. The average Bonchev–Trinajstić information content (AvgIpc) is 3.37. The molecule has 0 spiro atoms. The third-order valence-corrected chi connectivity index (χ3v) is 5.11. The molecule has 1 amide bonds. The van der Waals surface area contributed by atoms with E-state index in [1.165, 1.54) is 16.9 Å². The Morgan fingerprint density at radius 3 is 2.81 bits per heavy atom. The van der Waals surface area contributed by atoms with Gasteiger partial charge in [-0.1, -0.05) is 41.9 Å². The Balaban J connectivity index is 1.39. The molecule has 0 saturated heterocycles. The van der Waals surface area contributed by atoms with E-state index in [1.54, 1.807) is 30.3 Å². The van der Waals surface area contributed by atoms with E-state index >= 15 is 0 Å².